The Balaban J connectivity index is 1.25. The highest BCUT2D eigenvalue weighted by atomic mass is 16.5. The van der Waals surface area contributed by atoms with Crippen molar-refractivity contribution in [2.75, 3.05) is 25.6 Å². The standard InChI is InChI=1S/C28H30N2O4/c1-30(27-6-2-3-14-34-27)19-20-7-10-24(11-8-20)29-28(31)22-13-16-33-26-12-9-21(17-23(26)18-22)25-5-4-15-32-25/h4-5,7-12,15,17-18,27H,2-3,6,13-14,16,19H2,1H3,(H,29,31). The van der Waals surface area contributed by atoms with Gasteiger partial charge in [-0.05, 0) is 80.4 Å². The van der Waals surface area contributed by atoms with Crippen LogP contribution in [-0.2, 0) is 16.1 Å². The molecule has 0 aliphatic carbocycles. The fourth-order valence-corrected chi connectivity index (χ4v) is 4.46. The van der Waals surface area contributed by atoms with E-state index in [1.807, 2.05) is 48.5 Å². The molecule has 0 saturated carbocycles. The van der Waals surface area contributed by atoms with Gasteiger partial charge in [0.05, 0.1) is 12.9 Å². The number of benzene rings is 2. The lowest BCUT2D eigenvalue weighted by Gasteiger charge is -2.31. The molecule has 0 bridgehead atoms. The van der Waals surface area contributed by atoms with Crippen LogP contribution < -0.4 is 10.1 Å². The van der Waals surface area contributed by atoms with Crippen LogP contribution in [0.15, 0.2) is 70.9 Å². The van der Waals surface area contributed by atoms with Gasteiger partial charge in [-0.25, -0.2) is 0 Å². The number of hydrogen-bond donors (Lipinski definition) is 1. The van der Waals surface area contributed by atoms with E-state index in [-0.39, 0.29) is 12.1 Å². The number of fused-ring (bicyclic) bond motifs is 1. The van der Waals surface area contributed by atoms with Crippen LogP contribution in [0.25, 0.3) is 17.4 Å². The molecule has 1 fully saturated rings. The number of carbonyl (C=O) groups is 1. The lowest BCUT2D eigenvalue weighted by molar-refractivity contribution is -0.113. The summed E-state index contributed by atoms with van der Waals surface area (Å²) in [6.45, 7) is 2.12. The first-order chi connectivity index (χ1) is 16.7. The van der Waals surface area contributed by atoms with Crippen molar-refractivity contribution < 1.29 is 18.7 Å². The predicted octanol–water partition coefficient (Wildman–Crippen LogP) is 5.71. The summed E-state index contributed by atoms with van der Waals surface area (Å²) < 4.78 is 17.3. The van der Waals surface area contributed by atoms with Gasteiger partial charge in [0, 0.05) is 42.0 Å². The first-order valence-corrected chi connectivity index (χ1v) is 11.9. The van der Waals surface area contributed by atoms with Crippen LogP contribution in [0.1, 0.15) is 36.8 Å². The van der Waals surface area contributed by atoms with Crippen molar-refractivity contribution in [1.29, 1.82) is 0 Å². The fourth-order valence-electron chi connectivity index (χ4n) is 4.46. The van der Waals surface area contributed by atoms with Gasteiger partial charge in [0.25, 0.3) is 5.91 Å². The second-order valence-corrected chi connectivity index (χ2v) is 8.89. The summed E-state index contributed by atoms with van der Waals surface area (Å²) in [5.41, 5.74) is 4.48. The Labute approximate surface area is 200 Å². The third kappa shape index (κ3) is 5.24. The largest absolute Gasteiger partial charge is 0.493 e. The number of rotatable bonds is 6. The molecule has 0 spiro atoms. The first-order valence-electron chi connectivity index (χ1n) is 11.9. The number of nitrogens with zero attached hydrogens (tertiary/aromatic N) is 1. The Morgan fingerprint density at radius 3 is 2.74 bits per heavy atom. The van der Waals surface area contributed by atoms with E-state index < -0.39 is 0 Å². The molecule has 6 nitrogen and oxygen atoms in total. The van der Waals surface area contributed by atoms with Crippen molar-refractivity contribution in [1.82, 2.24) is 4.90 Å². The summed E-state index contributed by atoms with van der Waals surface area (Å²) in [6, 6.07) is 17.7. The fraction of sp³-hybridized carbons (Fsp3) is 0.321. The molecule has 5 rings (SSSR count). The summed E-state index contributed by atoms with van der Waals surface area (Å²) in [4.78, 5) is 15.3. The number of carbonyl (C=O) groups excluding carboxylic acids is 1. The summed E-state index contributed by atoms with van der Waals surface area (Å²) >= 11 is 0. The number of nitrogens with one attached hydrogen (secondary N) is 1. The monoisotopic (exact) mass is 458 g/mol. The SMILES string of the molecule is CN(Cc1ccc(NC(=O)C2=Cc3cc(-c4ccco4)ccc3OCC2)cc1)C1CCCCO1. The minimum atomic E-state index is -0.111. The highest BCUT2D eigenvalue weighted by molar-refractivity contribution is 6.07. The summed E-state index contributed by atoms with van der Waals surface area (Å²) in [7, 11) is 2.10. The molecule has 1 aromatic heterocycles. The van der Waals surface area contributed by atoms with Gasteiger partial charge in [0.2, 0.25) is 0 Å². The molecule has 6 heteroatoms. The zero-order chi connectivity index (χ0) is 23.3. The number of amides is 1. The van der Waals surface area contributed by atoms with Crippen molar-refractivity contribution in [3.63, 3.8) is 0 Å². The highest BCUT2D eigenvalue weighted by Gasteiger charge is 2.19. The van der Waals surface area contributed by atoms with Crippen molar-refractivity contribution in [3.8, 4) is 17.1 Å². The van der Waals surface area contributed by atoms with Crippen molar-refractivity contribution >= 4 is 17.7 Å². The maximum absolute atomic E-state index is 13.0. The van der Waals surface area contributed by atoms with E-state index in [1.54, 1.807) is 6.26 Å². The van der Waals surface area contributed by atoms with Gasteiger partial charge in [-0.1, -0.05) is 12.1 Å². The van der Waals surface area contributed by atoms with E-state index in [9.17, 15) is 4.79 Å². The number of anilines is 1. The predicted molar refractivity (Wildman–Crippen MR) is 132 cm³/mol. The third-order valence-corrected chi connectivity index (χ3v) is 6.36. The number of furan rings is 1. The molecule has 34 heavy (non-hydrogen) atoms. The summed E-state index contributed by atoms with van der Waals surface area (Å²) in [6.07, 6.45) is 7.75. The van der Waals surface area contributed by atoms with Crippen molar-refractivity contribution in [2.24, 2.45) is 0 Å². The molecule has 1 amide bonds. The van der Waals surface area contributed by atoms with Gasteiger partial charge >= 0.3 is 0 Å². The van der Waals surface area contributed by atoms with E-state index in [0.29, 0.717) is 18.6 Å². The average Bonchev–Trinajstić information content (AvgIpc) is 3.32. The normalized spacial score (nSPS) is 17.9. The molecule has 1 N–H and O–H groups in total. The zero-order valence-corrected chi connectivity index (χ0v) is 19.5. The smallest absolute Gasteiger partial charge is 0.251 e. The van der Waals surface area contributed by atoms with Crippen molar-refractivity contribution in [3.05, 3.63) is 77.6 Å². The molecule has 2 aliphatic rings. The van der Waals surface area contributed by atoms with E-state index >= 15 is 0 Å². The van der Waals surface area contributed by atoms with Gasteiger partial charge in [0.15, 0.2) is 0 Å². The Morgan fingerprint density at radius 1 is 1.09 bits per heavy atom. The van der Waals surface area contributed by atoms with E-state index in [0.717, 1.165) is 54.3 Å². The van der Waals surface area contributed by atoms with Gasteiger partial charge in [-0.2, -0.15) is 0 Å². The number of hydrogen-bond acceptors (Lipinski definition) is 5. The lowest BCUT2D eigenvalue weighted by Crippen LogP contribution is -2.36. The molecule has 2 aromatic carbocycles. The maximum Gasteiger partial charge on any atom is 0.251 e. The van der Waals surface area contributed by atoms with Crippen LogP contribution in [0.2, 0.25) is 0 Å². The first kappa shape index (κ1) is 22.4. The molecule has 3 aromatic rings. The van der Waals surface area contributed by atoms with Crippen LogP contribution in [0.4, 0.5) is 5.69 Å². The van der Waals surface area contributed by atoms with Gasteiger partial charge < -0.3 is 19.2 Å². The van der Waals surface area contributed by atoms with Crippen LogP contribution in [0, 0.1) is 0 Å². The number of ether oxygens (including phenoxy) is 2. The molecular weight excluding hydrogens is 428 g/mol. The van der Waals surface area contributed by atoms with Crippen molar-refractivity contribution in [2.45, 2.75) is 38.5 Å². The van der Waals surface area contributed by atoms with Crippen LogP contribution >= 0.6 is 0 Å². The van der Waals surface area contributed by atoms with Crippen LogP contribution in [0.5, 0.6) is 5.75 Å². The molecule has 1 atom stereocenters. The summed E-state index contributed by atoms with van der Waals surface area (Å²) in [5, 5.41) is 3.04. The Bertz CT molecular complexity index is 1150. The van der Waals surface area contributed by atoms with Gasteiger partial charge in [-0.15, -0.1) is 0 Å². The second-order valence-electron chi connectivity index (χ2n) is 8.89. The Hall–Kier alpha value is -3.35. The minimum absolute atomic E-state index is 0.111. The molecular formula is C28H30N2O4. The molecule has 2 aliphatic heterocycles. The van der Waals surface area contributed by atoms with E-state index in [2.05, 4.69) is 29.4 Å². The van der Waals surface area contributed by atoms with Gasteiger partial charge in [-0.3, -0.25) is 9.69 Å². The average molecular weight is 459 g/mol. The Morgan fingerprint density at radius 2 is 1.97 bits per heavy atom. The third-order valence-electron chi connectivity index (χ3n) is 6.36. The van der Waals surface area contributed by atoms with E-state index in [1.165, 1.54) is 12.0 Å². The zero-order valence-electron chi connectivity index (χ0n) is 19.5. The molecule has 1 saturated heterocycles. The maximum atomic E-state index is 13.0. The topological polar surface area (TPSA) is 63.9 Å². The second kappa shape index (κ2) is 10.3. The lowest BCUT2D eigenvalue weighted by atomic mass is 10.0. The highest BCUT2D eigenvalue weighted by Crippen LogP contribution is 2.31. The Kier molecular flexibility index (Phi) is 6.79. The summed E-state index contributed by atoms with van der Waals surface area (Å²) in [5.74, 6) is 1.45. The van der Waals surface area contributed by atoms with Crippen LogP contribution in [0.3, 0.4) is 0 Å². The molecule has 176 valence electrons. The molecule has 0 radical (unpaired) electrons. The van der Waals surface area contributed by atoms with Gasteiger partial charge in [0.1, 0.15) is 17.7 Å². The quantitative estimate of drug-likeness (QED) is 0.513. The minimum Gasteiger partial charge on any atom is -0.493 e. The van der Waals surface area contributed by atoms with Crippen LogP contribution in [-0.4, -0.2) is 37.3 Å². The molecule has 1 unspecified atom stereocenters. The van der Waals surface area contributed by atoms with E-state index in [4.69, 9.17) is 13.9 Å². The molecule has 3 heterocycles.